The van der Waals surface area contributed by atoms with Crippen molar-refractivity contribution in [2.45, 2.75) is 51.7 Å². The summed E-state index contributed by atoms with van der Waals surface area (Å²) < 4.78 is 20.0. The quantitative estimate of drug-likeness (QED) is 0.500. The van der Waals surface area contributed by atoms with Crippen LogP contribution in [0.5, 0.6) is 0 Å². The molecule has 0 heterocycles. The Morgan fingerprint density at radius 1 is 0.750 bits per heavy atom. The van der Waals surface area contributed by atoms with E-state index in [9.17, 15) is 9.59 Å². The number of carbonyl (C=O) groups is 2. The maximum Gasteiger partial charge on any atom is 0.417 e. The van der Waals surface area contributed by atoms with Crippen LogP contribution in [0.15, 0.2) is 0 Å². The Bertz CT molecular complexity index is 290. The van der Waals surface area contributed by atoms with Gasteiger partial charge in [-0.15, -0.1) is 0 Å². The predicted molar refractivity (Wildman–Crippen MR) is 73.3 cm³/mol. The highest BCUT2D eigenvalue weighted by molar-refractivity contribution is 6.29. The van der Waals surface area contributed by atoms with Gasteiger partial charge in [0.2, 0.25) is 0 Å². The van der Waals surface area contributed by atoms with Gasteiger partial charge >= 0.3 is 11.9 Å². The minimum atomic E-state index is -0.980. The molecular weight excluding hydrogens is 264 g/mol. The van der Waals surface area contributed by atoms with E-state index < -0.39 is 23.1 Å². The average Bonchev–Trinajstić information content (AvgIpc) is 2.38. The van der Waals surface area contributed by atoms with Crippen molar-refractivity contribution in [3.63, 3.8) is 0 Å². The molecule has 0 atom stereocenters. The van der Waals surface area contributed by atoms with E-state index >= 15 is 0 Å². The summed E-state index contributed by atoms with van der Waals surface area (Å²) in [7, 11) is 3.15. The van der Waals surface area contributed by atoms with Crippen molar-refractivity contribution in [3.05, 3.63) is 0 Å². The normalized spacial score (nSPS) is 12.1. The molecule has 0 fully saturated rings. The molecule has 0 unspecified atom stereocenters. The van der Waals surface area contributed by atoms with Crippen LogP contribution in [0.4, 0.5) is 0 Å². The van der Waals surface area contributed by atoms with Gasteiger partial charge in [0.25, 0.3) is 0 Å². The highest BCUT2D eigenvalue weighted by Crippen LogP contribution is 2.13. The van der Waals surface area contributed by atoms with E-state index in [-0.39, 0.29) is 13.2 Å². The van der Waals surface area contributed by atoms with E-state index in [0.717, 1.165) is 0 Å². The van der Waals surface area contributed by atoms with Gasteiger partial charge in [0, 0.05) is 27.1 Å². The van der Waals surface area contributed by atoms with Crippen LogP contribution in [0, 0.1) is 0 Å². The van der Waals surface area contributed by atoms with Crippen LogP contribution in [0.1, 0.15) is 40.5 Å². The van der Waals surface area contributed by atoms with Crippen molar-refractivity contribution in [3.8, 4) is 0 Å². The lowest BCUT2D eigenvalue weighted by Crippen LogP contribution is -2.29. The van der Waals surface area contributed by atoms with Crippen molar-refractivity contribution in [1.29, 1.82) is 0 Å². The van der Waals surface area contributed by atoms with Crippen molar-refractivity contribution >= 4 is 11.9 Å². The molecule has 20 heavy (non-hydrogen) atoms. The number of hydrogen-bond donors (Lipinski definition) is 0. The van der Waals surface area contributed by atoms with Crippen LogP contribution in [-0.2, 0) is 28.5 Å². The Balaban J connectivity index is 3.91. The molecule has 0 aliphatic carbocycles. The van der Waals surface area contributed by atoms with Gasteiger partial charge in [-0.2, -0.15) is 0 Å². The first kappa shape index (κ1) is 18.9. The zero-order valence-electron chi connectivity index (χ0n) is 13.3. The van der Waals surface area contributed by atoms with Crippen LogP contribution >= 0.6 is 0 Å². The van der Waals surface area contributed by atoms with Gasteiger partial charge in [-0.25, -0.2) is 9.59 Å². The lowest BCUT2D eigenvalue weighted by molar-refractivity contribution is -0.169. The molecule has 0 saturated heterocycles. The minimum Gasteiger partial charge on any atom is -0.457 e. The van der Waals surface area contributed by atoms with Crippen LogP contribution in [0.2, 0.25) is 0 Å². The summed E-state index contributed by atoms with van der Waals surface area (Å²) in [5.74, 6) is -1.96. The number of ether oxygens (including phenoxy) is 4. The highest BCUT2D eigenvalue weighted by Gasteiger charge is 2.22. The smallest absolute Gasteiger partial charge is 0.417 e. The molecule has 0 aliphatic heterocycles. The molecule has 0 rings (SSSR count). The molecule has 6 heteroatoms. The summed E-state index contributed by atoms with van der Waals surface area (Å²) >= 11 is 0. The van der Waals surface area contributed by atoms with Gasteiger partial charge in [0.15, 0.2) is 0 Å². The zero-order chi connectivity index (χ0) is 15.8. The van der Waals surface area contributed by atoms with E-state index in [1.165, 1.54) is 0 Å². The Morgan fingerprint density at radius 2 is 1.05 bits per heavy atom. The lowest BCUT2D eigenvalue weighted by Gasteiger charge is -2.22. The van der Waals surface area contributed by atoms with E-state index in [1.807, 2.05) is 27.7 Å². The standard InChI is InChI=1S/C14H26O6/c1-13(2,17-5)7-9-19-11(15)12(16)20-10-8-14(3,4)18-6/h7-10H2,1-6H3. The molecule has 0 aromatic carbocycles. The summed E-state index contributed by atoms with van der Waals surface area (Å²) in [5, 5.41) is 0. The zero-order valence-corrected chi connectivity index (χ0v) is 13.3. The molecule has 0 aromatic rings. The van der Waals surface area contributed by atoms with Gasteiger partial charge < -0.3 is 18.9 Å². The Kier molecular flexibility index (Phi) is 7.75. The Morgan fingerprint density at radius 3 is 1.30 bits per heavy atom. The van der Waals surface area contributed by atoms with Crippen molar-refractivity contribution in [2.24, 2.45) is 0 Å². The van der Waals surface area contributed by atoms with E-state index in [0.29, 0.717) is 12.8 Å². The summed E-state index contributed by atoms with van der Waals surface area (Å²) in [6, 6.07) is 0. The fourth-order valence-electron chi connectivity index (χ4n) is 1.10. The van der Waals surface area contributed by atoms with Gasteiger partial charge in [0.05, 0.1) is 24.4 Å². The lowest BCUT2D eigenvalue weighted by atomic mass is 10.1. The molecule has 118 valence electrons. The van der Waals surface area contributed by atoms with Crippen molar-refractivity contribution < 1.29 is 28.5 Å². The molecule has 6 nitrogen and oxygen atoms in total. The molecule has 0 bridgehead atoms. The molecule has 0 radical (unpaired) electrons. The van der Waals surface area contributed by atoms with E-state index in [1.54, 1.807) is 14.2 Å². The first-order chi connectivity index (χ1) is 9.13. The maximum absolute atomic E-state index is 11.4. The molecule has 0 saturated carbocycles. The van der Waals surface area contributed by atoms with E-state index in [4.69, 9.17) is 18.9 Å². The fourth-order valence-corrected chi connectivity index (χ4v) is 1.10. The SMILES string of the molecule is COC(C)(C)CCOC(=O)C(=O)OCCC(C)(C)OC. The first-order valence-electron chi connectivity index (χ1n) is 6.58. The molecule has 0 aliphatic rings. The molecular formula is C14H26O6. The molecule has 0 aromatic heterocycles. The first-order valence-corrected chi connectivity index (χ1v) is 6.58. The van der Waals surface area contributed by atoms with Crippen LogP contribution in [0.25, 0.3) is 0 Å². The third-order valence-corrected chi connectivity index (χ3v) is 3.15. The monoisotopic (exact) mass is 290 g/mol. The molecule has 0 amide bonds. The summed E-state index contributed by atoms with van der Waals surface area (Å²) in [5.41, 5.74) is -0.792. The van der Waals surface area contributed by atoms with Gasteiger partial charge in [-0.1, -0.05) is 0 Å². The second kappa shape index (κ2) is 8.21. The second-order valence-corrected chi connectivity index (χ2v) is 5.70. The van der Waals surface area contributed by atoms with Gasteiger partial charge in [0.1, 0.15) is 0 Å². The van der Waals surface area contributed by atoms with Gasteiger partial charge in [-0.05, 0) is 27.7 Å². The second-order valence-electron chi connectivity index (χ2n) is 5.70. The summed E-state index contributed by atoms with van der Waals surface area (Å²) in [4.78, 5) is 22.7. The average molecular weight is 290 g/mol. The number of carbonyl (C=O) groups excluding carboxylic acids is 2. The minimum absolute atomic E-state index is 0.109. The van der Waals surface area contributed by atoms with Gasteiger partial charge in [-0.3, -0.25) is 0 Å². The summed E-state index contributed by atoms with van der Waals surface area (Å²) in [6.07, 6.45) is 0.998. The highest BCUT2D eigenvalue weighted by atomic mass is 16.6. The van der Waals surface area contributed by atoms with Crippen molar-refractivity contribution in [1.82, 2.24) is 0 Å². The largest absolute Gasteiger partial charge is 0.457 e. The number of hydrogen-bond acceptors (Lipinski definition) is 6. The molecule has 0 N–H and O–H groups in total. The van der Waals surface area contributed by atoms with E-state index in [2.05, 4.69) is 0 Å². The third-order valence-electron chi connectivity index (χ3n) is 3.15. The number of esters is 2. The topological polar surface area (TPSA) is 71.1 Å². The van der Waals surface area contributed by atoms with Crippen LogP contribution in [-0.4, -0.2) is 50.6 Å². The number of methoxy groups -OCH3 is 2. The Hall–Kier alpha value is -1.14. The summed E-state index contributed by atoms with van der Waals surface area (Å²) in [6.45, 7) is 7.69. The fraction of sp³-hybridized carbons (Fsp3) is 0.857. The van der Waals surface area contributed by atoms with Crippen molar-refractivity contribution in [2.75, 3.05) is 27.4 Å². The van der Waals surface area contributed by atoms with Crippen LogP contribution < -0.4 is 0 Å². The molecule has 0 spiro atoms. The third kappa shape index (κ3) is 8.12. The number of rotatable bonds is 8. The van der Waals surface area contributed by atoms with Crippen LogP contribution in [0.3, 0.4) is 0 Å². The maximum atomic E-state index is 11.4. The Labute approximate surface area is 120 Å². The predicted octanol–water partition coefficient (Wildman–Crippen LogP) is 1.70.